The molecule has 3 atom stereocenters. The minimum Gasteiger partial charge on any atom is -0.347 e. The maximum Gasteiger partial charge on any atom is 0.350 e. The van der Waals surface area contributed by atoms with Crippen molar-refractivity contribution in [1.29, 1.82) is 0 Å². The lowest BCUT2D eigenvalue weighted by molar-refractivity contribution is 0.361. The quantitative estimate of drug-likeness (QED) is 0.713. The summed E-state index contributed by atoms with van der Waals surface area (Å²) in [5, 5.41) is 0.317. The van der Waals surface area contributed by atoms with Crippen LogP contribution in [0.4, 0.5) is 5.82 Å². The Labute approximate surface area is 104 Å². The predicted molar refractivity (Wildman–Crippen MR) is 65.5 cm³/mol. The topological polar surface area (TPSA) is 38.1 Å². The number of nitrogens with zero attached hydrogens (tertiary/aromatic N) is 3. The van der Waals surface area contributed by atoms with Crippen LogP contribution in [0.2, 0.25) is 5.15 Å². The van der Waals surface area contributed by atoms with Crippen molar-refractivity contribution >= 4 is 17.4 Å². The van der Waals surface area contributed by atoms with Gasteiger partial charge in [0.25, 0.3) is 0 Å². The SMILES string of the molecule is CCC12CC3CC3N1c1cc(Cl)nc(=O)n1C2. The van der Waals surface area contributed by atoms with Crippen LogP contribution in [0.5, 0.6) is 0 Å². The maximum absolute atomic E-state index is 11.9. The van der Waals surface area contributed by atoms with E-state index in [1.807, 2.05) is 6.07 Å². The fourth-order valence-corrected chi connectivity index (χ4v) is 3.96. The summed E-state index contributed by atoms with van der Waals surface area (Å²) in [7, 11) is 0. The zero-order valence-electron chi connectivity index (χ0n) is 9.69. The van der Waals surface area contributed by atoms with Gasteiger partial charge in [-0.25, -0.2) is 4.79 Å². The molecule has 0 radical (unpaired) electrons. The van der Waals surface area contributed by atoms with Gasteiger partial charge in [0.15, 0.2) is 0 Å². The Morgan fingerprint density at radius 3 is 3.24 bits per heavy atom. The highest BCUT2D eigenvalue weighted by Gasteiger charge is 2.62. The van der Waals surface area contributed by atoms with Gasteiger partial charge in [-0.3, -0.25) is 4.57 Å². The molecule has 5 heteroatoms. The molecule has 1 aliphatic carbocycles. The molecule has 1 aromatic heterocycles. The molecule has 4 nitrogen and oxygen atoms in total. The molecule has 1 saturated carbocycles. The largest absolute Gasteiger partial charge is 0.350 e. The van der Waals surface area contributed by atoms with E-state index in [1.165, 1.54) is 12.8 Å². The van der Waals surface area contributed by atoms with Crippen molar-refractivity contribution in [2.75, 3.05) is 4.90 Å². The minimum atomic E-state index is -0.202. The fraction of sp³-hybridized carbons (Fsp3) is 0.667. The Morgan fingerprint density at radius 1 is 1.65 bits per heavy atom. The van der Waals surface area contributed by atoms with Gasteiger partial charge in [-0.2, -0.15) is 4.98 Å². The number of fused-ring (bicyclic) bond motifs is 5. The van der Waals surface area contributed by atoms with E-state index in [4.69, 9.17) is 11.6 Å². The Bertz CT molecular complexity index is 569. The first-order valence-corrected chi connectivity index (χ1v) is 6.59. The zero-order chi connectivity index (χ0) is 11.8. The van der Waals surface area contributed by atoms with Crippen molar-refractivity contribution in [2.45, 2.75) is 44.3 Å². The second kappa shape index (κ2) is 2.86. The number of halogens is 1. The number of hydrogen-bond donors (Lipinski definition) is 0. The highest BCUT2D eigenvalue weighted by Crippen LogP contribution is 2.58. The highest BCUT2D eigenvalue weighted by molar-refractivity contribution is 6.29. The summed E-state index contributed by atoms with van der Waals surface area (Å²) in [6, 6.07) is 2.49. The van der Waals surface area contributed by atoms with Crippen LogP contribution in [-0.2, 0) is 6.54 Å². The summed E-state index contributed by atoms with van der Waals surface area (Å²) < 4.78 is 1.80. The third kappa shape index (κ3) is 1.09. The second-order valence-corrected chi connectivity index (χ2v) is 5.91. The Hall–Kier alpha value is -1.03. The van der Waals surface area contributed by atoms with Gasteiger partial charge >= 0.3 is 5.69 Å². The van der Waals surface area contributed by atoms with Gasteiger partial charge in [-0.05, 0) is 25.2 Å². The van der Waals surface area contributed by atoms with Crippen LogP contribution in [0.3, 0.4) is 0 Å². The van der Waals surface area contributed by atoms with Crippen molar-refractivity contribution in [3.8, 4) is 0 Å². The van der Waals surface area contributed by atoms with Gasteiger partial charge in [0.1, 0.15) is 11.0 Å². The lowest BCUT2D eigenvalue weighted by Crippen LogP contribution is -2.43. The van der Waals surface area contributed by atoms with Crippen molar-refractivity contribution in [2.24, 2.45) is 5.92 Å². The number of hydrogen-bond acceptors (Lipinski definition) is 3. The lowest BCUT2D eigenvalue weighted by atomic mass is 9.91. The van der Waals surface area contributed by atoms with E-state index < -0.39 is 0 Å². The van der Waals surface area contributed by atoms with Crippen LogP contribution in [0, 0.1) is 5.92 Å². The molecule has 3 aliphatic rings. The van der Waals surface area contributed by atoms with Crippen molar-refractivity contribution in [3.63, 3.8) is 0 Å². The molecule has 0 amide bonds. The van der Waals surface area contributed by atoms with Gasteiger partial charge in [0, 0.05) is 12.1 Å². The molecule has 1 aromatic rings. The van der Waals surface area contributed by atoms with Crippen molar-refractivity contribution in [3.05, 3.63) is 21.7 Å². The first-order valence-electron chi connectivity index (χ1n) is 6.21. The van der Waals surface area contributed by atoms with Crippen LogP contribution < -0.4 is 10.6 Å². The van der Waals surface area contributed by atoms with Gasteiger partial charge in [0.2, 0.25) is 0 Å². The minimum absolute atomic E-state index is 0.159. The molecule has 0 spiro atoms. The molecule has 90 valence electrons. The standard InChI is InChI=1S/C12H14ClN3O/c1-2-12-5-7-3-8(7)16(12)10-4-9(13)14-11(17)15(10)6-12/h4,7-8H,2-3,5-6H2,1H3. The molecular weight excluding hydrogens is 238 g/mol. The number of rotatable bonds is 1. The van der Waals surface area contributed by atoms with E-state index in [2.05, 4.69) is 16.8 Å². The predicted octanol–water partition coefficient (Wildman–Crippen LogP) is 1.66. The molecule has 17 heavy (non-hydrogen) atoms. The van der Waals surface area contributed by atoms with Crippen LogP contribution in [-0.4, -0.2) is 21.1 Å². The van der Waals surface area contributed by atoms with E-state index in [9.17, 15) is 4.79 Å². The van der Waals surface area contributed by atoms with Gasteiger partial charge in [-0.15, -0.1) is 0 Å². The number of aromatic nitrogens is 2. The van der Waals surface area contributed by atoms with E-state index in [0.29, 0.717) is 11.2 Å². The number of piperidine rings is 1. The summed E-state index contributed by atoms with van der Waals surface area (Å²) >= 11 is 5.92. The summed E-state index contributed by atoms with van der Waals surface area (Å²) in [6.07, 6.45) is 3.57. The highest BCUT2D eigenvalue weighted by atomic mass is 35.5. The molecule has 2 aliphatic heterocycles. The molecule has 4 rings (SSSR count). The van der Waals surface area contributed by atoms with Crippen LogP contribution >= 0.6 is 11.6 Å². The van der Waals surface area contributed by atoms with Crippen molar-refractivity contribution in [1.82, 2.24) is 9.55 Å². The monoisotopic (exact) mass is 251 g/mol. The van der Waals surface area contributed by atoms with E-state index in [-0.39, 0.29) is 11.2 Å². The molecular formula is C12H14ClN3O. The van der Waals surface area contributed by atoms with Gasteiger partial charge in [0.05, 0.1) is 12.1 Å². The maximum atomic E-state index is 11.9. The molecule has 0 aromatic carbocycles. The lowest BCUT2D eigenvalue weighted by Gasteiger charge is -2.34. The Kier molecular flexibility index (Phi) is 1.67. The van der Waals surface area contributed by atoms with Crippen LogP contribution in [0.25, 0.3) is 0 Å². The average Bonchev–Trinajstić information content (AvgIpc) is 2.83. The Morgan fingerprint density at radius 2 is 2.47 bits per heavy atom. The van der Waals surface area contributed by atoms with Crippen LogP contribution in [0.1, 0.15) is 26.2 Å². The second-order valence-electron chi connectivity index (χ2n) is 5.52. The fourth-order valence-electron chi connectivity index (χ4n) is 3.79. The molecule has 3 unspecified atom stereocenters. The molecule has 0 N–H and O–H groups in total. The third-order valence-electron chi connectivity index (χ3n) is 4.69. The summed E-state index contributed by atoms with van der Waals surface area (Å²) in [5.41, 5.74) is -0.0431. The molecule has 1 saturated heterocycles. The zero-order valence-corrected chi connectivity index (χ0v) is 10.4. The smallest absolute Gasteiger partial charge is 0.347 e. The third-order valence-corrected chi connectivity index (χ3v) is 4.88. The first-order chi connectivity index (χ1) is 8.14. The summed E-state index contributed by atoms with van der Waals surface area (Å²) in [6.45, 7) is 3.00. The molecule has 0 bridgehead atoms. The average molecular weight is 252 g/mol. The number of anilines is 1. The van der Waals surface area contributed by atoms with Crippen LogP contribution in [0.15, 0.2) is 10.9 Å². The van der Waals surface area contributed by atoms with E-state index >= 15 is 0 Å². The summed E-state index contributed by atoms with van der Waals surface area (Å²) in [5.74, 6) is 1.83. The van der Waals surface area contributed by atoms with E-state index in [1.54, 1.807) is 4.57 Å². The first kappa shape index (κ1) is 9.95. The van der Waals surface area contributed by atoms with Crippen molar-refractivity contribution < 1.29 is 0 Å². The normalized spacial score (nSPS) is 36.7. The van der Waals surface area contributed by atoms with E-state index in [0.717, 1.165) is 24.7 Å². The molecule has 3 heterocycles. The Balaban J connectivity index is 1.94. The molecule has 2 fully saturated rings. The van der Waals surface area contributed by atoms with Gasteiger partial charge < -0.3 is 4.90 Å². The summed E-state index contributed by atoms with van der Waals surface area (Å²) in [4.78, 5) is 18.2. The van der Waals surface area contributed by atoms with Gasteiger partial charge in [-0.1, -0.05) is 18.5 Å².